The highest BCUT2D eigenvalue weighted by atomic mass is 16.3. The summed E-state index contributed by atoms with van der Waals surface area (Å²) in [5.41, 5.74) is 7.80. The van der Waals surface area contributed by atoms with E-state index in [-0.39, 0.29) is 0 Å². The van der Waals surface area contributed by atoms with Gasteiger partial charge in [-0.3, -0.25) is 4.57 Å². The number of nitrogens with two attached hydrogens (primary N) is 1. The molecule has 2 heterocycles. The van der Waals surface area contributed by atoms with Crippen LogP contribution in [0.25, 0.3) is 5.88 Å². The Morgan fingerprint density at radius 1 is 1.38 bits per heavy atom. The Balaban J connectivity index is 2.52. The van der Waals surface area contributed by atoms with Gasteiger partial charge in [-0.1, -0.05) is 0 Å². The molecule has 2 N–H and O–H groups in total. The lowest BCUT2D eigenvalue weighted by Gasteiger charge is -2.00. The van der Waals surface area contributed by atoms with E-state index in [1.54, 1.807) is 6.26 Å². The molecule has 3 nitrogen and oxygen atoms in total. The zero-order valence-electron chi connectivity index (χ0n) is 7.53. The molecule has 0 atom stereocenters. The fourth-order valence-corrected chi connectivity index (χ4v) is 1.39. The Morgan fingerprint density at radius 2 is 2.08 bits per heavy atom. The summed E-state index contributed by atoms with van der Waals surface area (Å²) in [5, 5.41) is 0. The minimum Gasteiger partial charge on any atom is -0.447 e. The van der Waals surface area contributed by atoms with Gasteiger partial charge in [0, 0.05) is 24.5 Å². The average molecular weight is 176 g/mol. The number of hydrogen-bond acceptors (Lipinski definition) is 2. The van der Waals surface area contributed by atoms with Crippen molar-refractivity contribution in [2.24, 2.45) is 5.73 Å². The molecule has 0 amide bonds. The smallest absolute Gasteiger partial charge is 0.208 e. The third kappa shape index (κ3) is 1.27. The lowest BCUT2D eigenvalue weighted by Crippen LogP contribution is -2.01. The highest BCUT2D eigenvalue weighted by Crippen LogP contribution is 2.19. The fraction of sp³-hybridized carbons (Fsp3) is 0.200. The molecule has 0 fully saturated rings. The predicted molar refractivity (Wildman–Crippen MR) is 50.7 cm³/mol. The summed E-state index contributed by atoms with van der Waals surface area (Å²) in [6.45, 7) is 2.51. The monoisotopic (exact) mass is 176 g/mol. The number of aryl methyl sites for hydroxylation is 1. The molecule has 0 unspecified atom stereocenters. The summed E-state index contributed by atoms with van der Waals surface area (Å²) < 4.78 is 7.34. The van der Waals surface area contributed by atoms with Gasteiger partial charge in [0.25, 0.3) is 0 Å². The minimum absolute atomic E-state index is 0.510. The molecule has 0 spiro atoms. The molecule has 0 aromatic carbocycles. The van der Waals surface area contributed by atoms with Crippen LogP contribution < -0.4 is 5.73 Å². The molecule has 13 heavy (non-hydrogen) atoms. The van der Waals surface area contributed by atoms with Gasteiger partial charge >= 0.3 is 0 Å². The van der Waals surface area contributed by atoms with E-state index in [4.69, 9.17) is 10.2 Å². The average Bonchev–Trinajstić information content (AvgIpc) is 2.71. The molecular weight excluding hydrogens is 164 g/mol. The first-order chi connectivity index (χ1) is 6.33. The molecule has 0 saturated heterocycles. The van der Waals surface area contributed by atoms with E-state index in [0.29, 0.717) is 6.54 Å². The van der Waals surface area contributed by atoms with Gasteiger partial charge in [-0.05, 0) is 24.6 Å². The second-order valence-corrected chi connectivity index (χ2v) is 3.00. The molecule has 2 aromatic heterocycles. The summed E-state index contributed by atoms with van der Waals surface area (Å²) >= 11 is 0. The Morgan fingerprint density at radius 3 is 2.69 bits per heavy atom. The van der Waals surface area contributed by atoms with Crippen molar-refractivity contribution in [3.63, 3.8) is 0 Å². The molecule has 2 rings (SSSR count). The van der Waals surface area contributed by atoms with Crippen molar-refractivity contribution in [1.82, 2.24) is 4.57 Å². The number of rotatable bonds is 2. The van der Waals surface area contributed by atoms with Gasteiger partial charge in [0.2, 0.25) is 5.88 Å². The highest BCUT2D eigenvalue weighted by molar-refractivity contribution is 5.37. The van der Waals surface area contributed by atoms with Crippen molar-refractivity contribution in [2.75, 3.05) is 0 Å². The van der Waals surface area contributed by atoms with Gasteiger partial charge in [-0.15, -0.1) is 0 Å². The van der Waals surface area contributed by atoms with Gasteiger partial charge < -0.3 is 10.2 Å². The lowest BCUT2D eigenvalue weighted by molar-refractivity contribution is 0.534. The summed E-state index contributed by atoms with van der Waals surface area (Å²) in [5.74, 6) is 0.824. The Bertz CT molecular complexity index is 387. The molecule has 2 aromatic rings. The number of furan rings is 1. The molecule has 3 heteroatoms. The van der Waals surface area contributed by atoms with Crippen LogP contribution in [0, 0.1) is 6.92 Å². The number of nitrogens with zero attached hydrogens (tertiary/aromatic N) is 1. The van der Waals surface area contributed by atoms with Crippen LogP contribution in [0.15, 0.2) is 35.2 Å². The standard InChI is InChI=1S/C10H12N2O/c1-8-7-13-10(9(8)6-11)12-4-2-3-5-12/h2-5,7H,6,11H2,1H3. The summed E-state index contributed by atoms with van der Waals surface area (Å²) in [6.07, 6.45) is 5.62. The van der Waals surface area contributed by atoms with Crippen LogP contribution in [0.3, 0.4) is 0 Å². The van der Waals surface area contributed by atoms with Crippen molar-refractivity contribution in [2.45, 2.75) is 13.5 Å². The quantitative estimate of drug-likeness (QED) is 0.758. The third-order valence-corrected chi connectivity index (χ3v) is 2.12. The van der Waals surface area contributed by atoms with Crippen LogP contribution in [0.4, 0.5) is 0 Å². The van der Waals surface area contributed by atoms with Crippen molar-refractivity contribution in [3.05, 3.63) is 41.9 Å². The second kappa shape index (κ2) is 3.11. The molecule has 68 valence electrons. The normalized spacial score (nSPS) is 10.6. The molecule has 0 bridgehead atoms. The summed E-state index contributed by atoms with van der Waals surface area (Å²) in [7, 11) is 0. The Hall–Kier alpha value is -1.48. The van der Waals surface area contributed by atoms with Crippen LogP contribution in [0.2, 0.25) is 0 Å². The van der Waals surface area contributed by atoms with E-state index in [0.717, 1.165) is 17.0 Å². The summed E-state index contributed by atoms with van der Waals surface area (Å²) in [6, 6.07) is 3.91. The van der Waals surface area contributed by atoms with Crippen molar-refractivity contribution < 1.29 is 4.42 Å². The van der Waals surface area contributed by atoms with E-state index < -0.39 is 0 Å². The third-order valence-electron chi connectivity index (χ3n) is 2.12. The zero-order valence-corrected chi connectivity index (χ0v) is 7.53. The van der Waals surface area contributed by atoms with Crippen molar-refractivity contribution in [1.29, 1.82) is 0 Å². The van der Waals surface area contributed by atoms with Crippen LogP contribution in [0.1, 0.15) is 11.1 Å². The van der Waals surface area contributed by atoms with Gasteiger partial charge in [0.1, 0.15) is 0 Å². The van der Waals surface area contributed by atoms with Gasteiger partial charge in [-0.2, -0.15) is 0 Å². The predicted octanol–water partition coefficient (Wildman–Crippen LogP) is 1.84. The second-order valence-electron chi connectivity index (χ2n) is 3.00. The van der Waals surface area contributed by atoms with Crippen molar-refractivity contribution >= 4 is 0 Å². The lowest BCUT2D eigenvalue weighted by atomic mass is 10.2. The highest BCUT2D eigenvalue weighted by Gasteiger charge is 2.09. The van der Waals surface area contributed by atoms with Crippen LogP contribution in [0.5, 0.6) is 0 Å². The maximum absolute atomic E-state index is 5.63. The zero-order chi connectivity index (χ0) is 9.26. The van der Waals surface area contributed by atoms with Gasteiger partial charge in [0.15, 0.2) is 0 Å². The first-order valence-corrected chi connectivity index (χ1v) is 4.23. The van der Waals surface area contributed by atoms with Crippen molar-refractivity contribution in [3.8, 4) is 5.88 Å². The van der Waals surface area contributed by atoms with Crippen LogP contribution in [-0.2, 0) is 6.54 Å². The van der Waals surface area contributed by atoms with E-state index >= 15 is 0 Å². The van der Waals surface area contributed by atoms with E-state index in [1.165, 1.54) is 0 Å². The summed E-state index contributed by atoms with van der Waals surface area (Å²) in [4.78, 5) is 0. The van der Waals surface area contributed by atoms with Crippen LogP contribution >= 0.6 is 0 Å². The molecule has 0 saturated carbocycles. The van der Waals surface area contributed by atoms with E-state index in [1.807, 2.05) is 36.0 Å². The van der Waals surface area contributed by atoms with Gasteiger partial charge in [0.05, 0.1) is 6.26 Å². The molecular formula is C10H12N2O. The van der Waals surface area contributed by atoms with Crippen LogP contribution in [-0.4, -0.2) is 4.57 Å². The maximum Gasteiger partial charge on any atom is 0.208 e. The topological polar surface area (TPSA) is 44.1 Å². The Labute approximate surface area is 76.8 Å². The maximum atomic E-state index is 5.63. The molecule has 0 aliphatic carbocycles. The van der Waals surface area contributed by atoms with E-state index in [9.17, 15) is 0 Å². The molecule has 0 radical (unpaired) electrons. The SMILES string of the molecule is Cc1coc(-n2cccc2)c1CN. The Kier molecular flexibility index (Phi) is 1.94. The largest absolute Gasteiger partial charge is 0.447 e. The number of aromatic nitrogens is 1. The first kappa shape index (κ1) is 8.13. The molecule has 0 aliphatic rings. The first-order valence-electron chi connectivity index (χ1n) is 4.23. The number of hydrogen-bond donors (Lipinski definition) is 1. The molecule has 0 aliphatic heterocycles. The van der Waals surface area contributed by atoms with Gasteiger partial charge in [-0.25, -0.2) is 0 Å². The fourth-order valence-electron chi connectivity index (χ4n) is 1.39. The minimum atomic E-state index is 0.510. The van der Waals surface area contributed by atoms with E-state index in [2.05, 4.69) is 0 Å².